The Balaban J connectivity index is 0. The average molecular weight is 292 g/mol. The van der Waals surface area contributed by atoms with Crippen LogP contribution in [0.25, 0.3) is 0 Å². The molecule has 0 heterocycles. The number of rotatable bonds is 12. The molecule has 0 N–H and O–H groups in total. The summed E-state index contributed by atoms with van der Waals surface area (Å²) in [4.78, 5) is 0. The summed E-state index contributed by atoms with van der Waals surface area (Å²) in [5.74, 6) is 0. The maximum Gasteiger partial charge on any atom is 0.494 e. The van der Waals surface area contributed by atoms with Crippen LogP contribution < -0.4 is 0 Å². The minimum absolute atomic E-state index is 0. The smallest absolute Gasteiger partial charge is 0.148 e. The second kappa shape index (κ2) is 17.9. The Hall–Kier alpha value is 0.554. The molecule has 0 bridgehead atoms. The second-order valence-electron chi connectivity index (χ2n) is 4.11. The van der Waals surface area contributed by atoms with Crippen molar-refractivity contribution in [3.05, 3.63) is 0 Å². The minimum atomic E-state index is -0.580. The minimum Gasteiger partial charge on any atom is -0.148 e. The molecule has 0 saturated heterocycles. The van der Waals surface area contributed by atoms with Gasteiger partial charge in [0.15, 0.2) is 0 Å². The fourth-order valence-electron chi connectivity index (χ4n) is 1.70. The van der Waals surface area contributed by atoms with Crippen LogP contribution in [-0.2, 0) is 25.6 Å². The SMILES string of the molecule is CCCCCCCCCCCCO[PH+]=O.[Ni]. The molecule has 4 heteroatoms. The van der Waals surface area contributed by atoms with Crippen LogP contribution in [0.4, 0.5) is 0 Å². The molecule has 0 fully saturated rings. The van der Waals surface area contributed by atoms with Gasteiger partial charge in [0.1, 0.15) is 6.61 Å². The number of hydrogen-bond acceptors (Lipinski definition) is 2. The Morgan fingerprint density at radius 3 is 1.69 bits per heavy atom. The van der Waals surface area contributed by atoms with Crippen LogP contribution in [0.3, 0.4) is 0 Å². The van der Waals surface area contributed by atoms with Crippen LogP contribution >= 0.6 is 8.69 Å². The first kappa shape index (κ1) is 18.9. The maximum atomic E-state index is 10.00. The largest absolute Gasteiger partial charge is 0.494 e. The normalized spacial score (nSPS) is 10.3. The molecule has 0 aromatic rings. The molecule has 2 nitrogen and oxygen atoms in total. The van der Waals surface area contributed by atoms with Crippen molar-refractivity contribution in [3.63, 3.8) is 0 Å². The number of unbranched alkanes of at least 4 members (excludes halogenated alkanes) is 9. The molecule has 0 aromatic carbocycles. The summed E-state index contributed by atoms with van der Waals surface area (Å²) >= 11 is 0. The van der Waals surface area contributed by atoms with Crippen LogP contribution in [0.15, 0.2) is 0 Å². The van der Waals surface area contributed by atoms with Gasteiger partial charge in [0, 0.05) is 16.5 Å². The van der Waals surface area contributed by atoms with Crippen molar-refractivity contribution >= 4 is 8.69 Å². The van der Waals surface area contributed by atoms with Gasteiger partial charge in [0.25, 0.3) is 0 Å². The van der Waals surface area contributed by atoms with Crippen molar-refractivity contribution < 1.29 is 25.6 Å². The van der Waals surface area contributed by atoms with Gasteiger partial charge in [0.2, 0.25) is 0 Å². The zero-order valence-electron chi connectivity index (χ0n) is 10.4. The second-order valence-corrected chi connectivity index (χ2v) is 4.57. The Labute approximate surface area is 112 Å². The van der Waals surface area contributed by atoms with Gasteiger partial charge in [-0.3, -0.25) is 0 Å². The van der Waals surface area contributed by atoms with E-state index < -0.39 is 8.69 Å². The molecule has 0 aliphatic carbocycles. The van der Waals surface area contributed by atoms with E-state index in [-0.39, 0.29) is 16.5 Å². The van der Waals surface area contributed by atoms with Crippen molar-refractivity contribution in [1.29, 1.82) is 0 Å². The molecule has 16 heavy (non-hydrogen) atoms. The van der Waals surface area contributed by atoms with Gasteiger partial charge in [-0.05, 0) is 11.0 Å². The van der Waals surface area contributed by atoms with E-state index in [1.54, 1.807) is 0 Å². The van der Waals surface area contributed by atoms with Gasteiger partial charge in [-0.2, -0.15) is 0 Å². The Morgan fingerprint density at radius 1 is 0.812 bits per heavy atom. The third-order valence-corrected chi connectivity index (χ3v) is 2.98. The quantitative estimate of drug-likeness (QED) is 0.292. The molecule has 0 rings (SSSR count). The third-order valence-electron chi connectivity index (χ3n) is 2.66. The zero-order chi connectivity index (χ0) is 11.2. The van der Waals surface area contributed by atoms with Gasteiger partial charge in [-0.25, -0.2) is 0 Å². The molecule has 0 spiro atoms. The van der Waals surface area contributed by atoms with Crippen LogP contribution in [-0.4, -0.2) is 6.61 Å². The molecule has 1 atom stereocenters. The van der Waals surface area contributed by atoms with E-state index in [9.17, 15) is 4.57 Å². The fraction of sp³-hybridized carbons (Fsp3) is 1.00. The molecular formula is C12H26NiO2P+. The van der Waals surface area contributed by atoms with E-state index in [1.807, 2.05) is 0 Å². The Bertz CT molecular complexity index is 134. The summed E-state index contributed by atoms with van der Waals surface area (Å²) in [7, 11) is -0.580. The van der Waals surface area contributed by atoms with Gasteiger partial charge in [-0.1, -0.05) is 64.7 Å². The maximum absolute atomic E-state index is 10.00. The molecule has 100 valence electrons. The van der Waals surface area contributed by atoms with Crippen molar-refractivity contribution in [3.8, 4) is 0 Å². The van der Waals surface area contributed by atoms with Crippen LogP contribution in [0.1, 0.15) is 71.1 Å². The Morgan fingerprint density at radius 2 is 1.25 bits per heavy atom. The standard InChI is InChI=1S/C12H26O2P.Ni/c1-2-3-4-5-6-7-8-9-10-11-12-14-15-13;/h15H,2-12H2,1H3;/q+1;. The van der Waals surface area contributed by atoms with E-state index in [0.717, 1.165) is 6.42 Å². The predicted octanol–water partition coefficient (Wildman–Crippen LogP) is 4.86. The molecule has 0 saturated carbocycles. The molecule has 0 aromatic heterocycles. The van der Waals surface area contributed by atoms with Crippen LogP contribution in [0.5, 0.6) is 0 Å². The van der Waals surface area contributed by atoms with Crippen molar-refractivity contribution in [1.82, 2.24) is 0 Å². The monoisotopic (exact) mass is 291 g/mol. The summed E-state index contributed by atoms with van der Waals surface area (Å²) in [5.41, 5.74) is 0. The Kier molecular flexibility index (Phi) is 21.2. The van der Waals surface area contributed by atoms with Crippen LogP contribution in [0, 0.1) is 0 Å². The summed E-state index contributed by atoms with van der Waals surface area (Å²) in [6.07, 6.45) is 13.3. The average Bonchev–Trinajstić information content (AvgIpc) is 2.26. The van der Waals surface area contributed by atoms with E-state index >= 15 is 0 Å². The van der Waals surface area contributed by atoms with Crippen molar-refractivity contribution in [2.45, 2.75) is 71.1 Å². The fourth-order valence-corrected chi connectivity index (χ4v) is 1.93. The third kappa shape index (κ3) is 17.0. The first-order valence-electron chi connectivity index (χ1n) is 6.40. The predicted molar refractivity (Wildman–Crippen MR) is 66.8 cm³/mol. The first-order valence-corrected chi connectivity index (χ1v) is 7.22. The number of hydrogen-bond donors (Lipinski definition) is 0. The van der Waals surface area contributed by atoms with E-state index in [0.29, 0.717) is 6.61 Å². The van der Waals surface area contributed by atoms with E-state index in [1.165, 1.54) is 57.8 Å². The molecule has 0 radical (unpaired) electrons. The van der Waals surface area contributed by atoms with E-state index in [2.05, 4.69) is 6.92 Å². The molecule has 1 unspecified atom stereocenters. The van der Waals surface area contributed by atoms with Crippen molar-refractivity contribution in [2.75, 3.05) is 6.61 Å². The molecular weight excluding hydrogens is 266 g/mol. The molecule has 0 amide bonds. The van der Waals surface area contributed by atoms with Gasteiger partial charge in [0.05, 0.1) is 0 Å². The topological polar surface area (TPSA) is 26.3 Å². The van der Waals surface area contributed by atoms with Gasteiger partial charge in [-0.15, -0.1) is 4.52 Å². The zero-order valence-corrected chi connectivity index (χ0v) is 12.4. The van der Waals surface area contributed by atoms with Crippen molar-refractivity contribution in [2.24, 2.45) is 0 Å². The molecule has 0 aliphatic heterocycles. The molecule has 0 aliphatic rings. The van der Waals surface area contributed by atoms with E-state index in [4.69, 9.17) is 4.52 Å². The van der Waals surface area contributed by atoms with Crippen LogP contribution in [0.2, 0.25) is 0 Å². The van der Waals surface area contributed by atoms with Gasteiger partial charge < -0.3 is 0 Å². The first-order chi connectivity index (χ1) is 7.41. The summed E-state index contributed by atoms with van der Waals surface area (Å²) in [5, 5.41) is 0. The summed E-state index contributed by atoms with van der Waals surface area (Å²) in [6.45, 7) is 2.92. The van der Waals surface area contributed by atoms with Gasteiger partial charge >= 0.3 is 8.69 Å². The summed E-state index contributed by atoms with van der Waals surface area (Å²) in [6, 6.07) is 0. The summed E-state index contributed by atoms with van der Waals surface area (Å²) < 4.78 is 14.8.